The average Bonchev–Trinajstić information content (AvgIpc) is 3.10. The molecule has 4 nitrogen and oxygen atoms in total. The summed E-state index contributed by atoms with van der Waals surface area (Å²) in [4.78, 5) is 27.2. The molecule has 1 aromatic heterocycles. The number of aromatic amines is 1. The van der Waals surface area contributed by atoms with Crippen LogP contribution in [0.25, 0.3) is 0 Å². The highest BCUT2D eigenvalue weighted by Gasteiger charge is 2.10. The van der Waals surface area contributed by atoms with Gasteiger partial charge in [0.2, 0.25) is 0 Å². The Morgan fingerprint density at radius 1 is 0.870 bits per heavy atom. The molecule has 114 valence electrons. The van der Waals surface area contributed by atoms with Gasteiger partial charge in [-0.2, -0.15) is 0 Å². The van der Waals surface area contributed by atoms with Gasteiger partial charge in [0, 0.05) is 23.0 Å². The number of amides is 1. The molecule has 0 unspecified atom stereocenters. The Morgan fingerprint density at radius 3 is 2.04 bits per heavy atom. The summed E-state index contributed by atoms with van der Waals surface area (Å²) >= 11 is 0. The number of carbonyl (C=O) groups is 2. The predicted octanol–water partition coefficient (Wildman–Crippen LogP) is 3.81. The van der Waals surface area contributed by atoms with Crippen molar-refractivity contribution in [3.63, 3.8) is 0 Å². The lowest BCUT2D eigenvalue weighted by molar-refractivity contribution is 0.102. The fourth-order valence-corrected chi connectivity index (χ4v) is 2.25. The molecule has 3 aromatic rings. The van der Waals surface area contributed by atoms with Crippen LogP contribution in [0, 0.1) is 6.92 Å². The highest BCUT2D eigenvalue weighted by molar-refractivity contribution is 6.09. The summed E-state index contributed by atoms with van der Waals surface area (Å²) in [5.74, 6) is -0.250. The first kappa shape index (κ1) is 14.8. The fraction of sp³-hybridized carbons (Fsp3) is 0.0526. The molecule has 0 saturated carbocycles. The first-order valence-electron chi connectivity index (χ1n) is 7.29. The Morgan fingerprint density at radius 2 is 1.48 bits per heavy atom. The molecule has 0 spiro atoms. The number of benzene rings is 2. The standard InChI is InChI=1S/C19H16N2O2/c1-13-4-6-14(7-5-13)18(22)15-8-10-16(11-9-15)21-19(23)17-3-2-12-20-17/h2-12,20H,1H3,(H,21,23). The number of nitrogens with one attached hydrogen (secondary N) is 2. The van der Waals surface area contributed by atoms with Gasteiger partial charge in [-0.3, -0.25) is 9.59 Å². The van der Waals surface area contributed by atoms with Crippen molar-refractivity contribution in [2.24, 2.45) is 0 Å². The molecule has 0 atom stereocenters. The Balaban J connectivity index is 1.73. The lowest BCUT2D eigenvalue weighted by atomic mass is 10.0. The van der Waals surface area contributed by atoms with Gasteiger partial charge in [0.25, 0.3) is 5.91 Å². The van der Waals surface area contributed by atoms with Gasteiger partial charge < -0.3 is 10.3 Å². The third kappa shape index (κ3) is 3.37. The second kappa shape index (κ2) is 6.32. The first-order chi connectivity index (χ1) is 11.1. The summed E-state index contributed by atoms with van der Waals surface area (Å²) in [6.07, 6.45) is 1.69. The van der Waals surface area contributed by atoms with Crippen molar-refractivity contribution < 1.29 is 9.59 Å². The summed E-state index contributed by atoms with van der Waals surface area (Å²) in [6.45, 7) is 1.98. The molecule has 2 N–H and O–H groups in total. The molecule has 0 fully saturated rings. The van der Waals surface area contributed by atoms with Gasteiger partial charge in [-0.1, -0.05) is 29.8 Å². The Kier molecular flexibility index (Phi) is 4.06. The average molecular weight is 304 g/mol. The molecule has 1 heterocycles. The van der Waals surface area contributed by atoms with E-state index >= 15 is 0 Å². The van der Waals surface area contributed by atoms with Crippen molar-refractivity contribution in [1.29, 1.82) is 0 Å². The molecule has 4 heteroatoms. The van der Waals surface area contributed by atoms with Crippen LogP contribution in [0.1, 0.15) is 32.0 Å². The molecular formula is C19H16N2O2. The maximum absolute atomic E-state index is 12.4. The SMILES string of the molecule is Cc1ccc(C(=O)c2ccc(NC(=O)c3ccc[nH]3)cc2)cc1. The Bertz CT molecular complexity index is 817. The van der Waals surface area contributed by atoms with Crippen LogP contribution in [0.5, 0.6) is 0 Å². The molecular weight excluding hydrogens is 288 g/mol. The van der Waals surface area contributed by atoms with Gasteiger partial charge in [0.1, 0.15) is 5.69 Å². The molecule has 0 aliphatic rings. The number of H-pyrrole nitrogens is 1. The van der Waals surface area contributed by atoms with E-state index in [0.29, 0.717) is 22.5 Å². The maximum atomic E-state index is 12.4. The van der Waals surface area contributed by atoms with E-state index in [2.05, 4.69) is 10.3 Å². The number of anilines is 1. The van der Waals surface area contributed by atoms with Gasteiger partial charge in [0.15, 0.2) is 5.78 Å². The third-order valence-electron chi connectivity index (χ3n) is 3.56. The van der Waals surface area contributed by atoms with E-state index in [4.69, 9.17) is 0 Å². The van der Waals surface area contributed by atoms with Gasteiger partial charge in [-0.25, -0.2) is 0 Å². The molecule has 0 aliphatic heterocycles. The number of carbonyl (C=O) groups excluding carboxylic acids is 2. The van der Waals surface area contributed by atoms with Crippen LogP contribution >= 0.6 is 0 Å². The lowest BCUT2D eigenvalue weighted by Gasteiger charge is -2.06. The molecule has 1 amide bonds. The Labute approximate surface area is 134 Å². The quantitative estimate of drug-likeness (QED) is 0.720. The van der Waals surface area contributed by atoms with Crippen LogP contribution in [-0.4, -0.2) is 16.7 Å². The number of hydrogen-bond acceptors (Lipinski definition) is 2. The topological polar surface area (TPSA) is 62.0 Å². The van der Waals surface area contributed by atoms with Crippen LogP contribution in [0.3, 0.4) is 0 Å². The van der Waals surface area contributed by atoms with Crippen molar-refractivity contribution in [2.45, 2.75) is 6.92 Å². The van der Waals surface area contributed by atoms with Crippen LogP contribution in [0.4, 0.5) is 5.69 Å². The van der Waals surface area contributed by atoms with Crippen LogP contribution in [0.2, 0.25) is 0 Å². The van der Waals surface area contributed by atoms with Gasteiger partial charge >= 0.3 is 0 Å². The first-order valence-corrected chi connectivity index (χ1v) is 7.29. The summed E-state index contributed by atoms with van der Waals surface area (Å²) in [5.41, 5.74) is 3.49. The minimum absolute atomic E-state index is 0.0350. The highest BCUT2D eigenvalue weighted by atomic mass is 16.2. The zero-order chi connectivity index (χ0) is 16.2. The summed E-state index contributed by atoms with van der Waals surface area (Å²) in [5, 5.41) is 2.78. The van der Waals surface area contributed by atoms with Gasteiger partial charge in [-0.05, 0) is 43.3 Å². The van der Waals surface area contributed by atoms with E-state index in [1.54, 1.807) is 42.6 Å². The highest BCUT2D eigenvalue weighted by Crippen LogP contribution is 2.15. The van der Waals surface area contributed by atoms with Gasteiger partial charge in [-0.15, -0.1) is 0 Å². The smallest absolute Gasteiger partial charge is 0.272 e. The largest absolute Gasteiger partial charge is 0.357 e. The molecule has 0 aliphatic carbocycles. The second-order valence-electron chi connectivity index (χ2n) is 5.31. The zero-order valence-corrected chi connectivity index (χ0v) is 12.7. The Hall–Kier alpha value is -3.14. The molecule has 23 heavy (non-hydrogen) atoms. The summed E-state index contributed by atoms with van der Waals surface area (Å²) < 4.78 is 0. The molecule has 3 rings (SSSR count). The van der Waals surface area contributed by atoms with Crippen molar-refractivity contribution in [3.05, 3.63) is 89.2 Å². The third-order valence-corrected chi connectivity index (χ3v) is 3.56. The molecule has 0 radical (unpaired) electrons. The van der Waals surface area contributed by atoms with Crippen molar-refractivity contribution >= 4 is 17.4 Å². The van der Waals surface area contributed by atoms with E-state index < -0.39 is 0 Å². The number of ketones is 1. The normalized spacial score (nSPS) is 10.3. The lowest BCUT2D eigenvalue weighted by Crippen LogP contribution is -2.12. The van der Waals surface area contributed by atoms with Crippen LogP contribution in [0.15, 0.2) is 66.9 Å². The number of aromatic nitrogens is 1. The van der Waals surface area contributed by atoms with Crippen molar-refractivity contribution in [2.75, 3.05) is 5.32 Å². The minimum atomic E-state index is -0.215. The van der Waals surface area contributed by atoms with E-state index in [1.807, 2.05) is 31.2 Å². The van der Waals surface area contributed by atoms with E-state index in [9.17, 15) is 9.59 Å². The maximum Gasteiger partial charge on any atom is 0.272 e. The van der Waals surface area contributed by atoms with Crippen LogP contribution in [-0.2, 0) is 0 Å². The molecule has 0 saturated heterocycles. The van der Waals surface area contributed by atoms with Crippen molar-refractivity contribution in [3.8, 4) is 0 Å². The second-order valence-corrected chi connectivity index (χ2v) is 5.31. The summed E-state index contributed by atoms with van der Waals surface area (Å²) in [7, 11) is 0. The predicted molar refractivity (Wildman–Crippen MR) is 89.8 cm³/mol. The fourth-order valence-electron chi connectivity index (χ4n) is 2.25. The van der Waals surface area contributed by atoms with E-state index in [-0.39, 0.29) is 11.7 Å². The minimum Gasteiger partial charge on any atom is -0.357 e. The number of rotatable bonds is 4. The monoisotopic (exact) mass is 304 g/mol. The molecule has 0 bridgehead atoms. The number of aryl methyl sites for hydroxylation is 1. The van der Waals surface area contributed by atoms with E-state index in [1.165, 1.54) is 0 Å². The van der Waals surface area contributed by atoms with E-state index in [0.717, 1.165) is 5.56 Å². The van der Waals surface area contributed by atoms with Crippen molar-refractivity contribution in [1.82, 2.24) is 4.98 Å². The van der Waals surface area contributed by atoms with Gasteiger partial charge in [0.05, 0.1) is 0 Å². The van der Waals surface area contributed by atoms with Crippen LogP contribution < -0.4 is 5.32 Å². The molecule has 2 aromatic carbocycles. The number of hydrogen-bond donors (Lipinski definition) is 2. The zero-order valence-electron chi connectivity index (χ0n) is 12.7. The summed E-state index contributed by atoms with van der Waals surface area (Å²) in [6, 6.07) is 17.8.